The highest BCUT2D eigenvalue weighted by Crippen LogP contribution is 2.34. The number of likely N-dealkylation sites (N-methyl/N-ethyl adjacent to an activating group) is 2. The van der Waals surface area contributed by atoms with Gasteiger partial charge in [0, 0.05) is 55.5 Å². The lowest BCUT2D eigenvalue weighted by atomic mass is 10.1. The molecule has 9 heteroatoms. The van der Waals surface area contributed by atoms with Crippen LogP contribution >= 0.6 is 0 Å². The Morgan fingerprint density at radius 2 is 1.86 bits per heavy atom. The molecule has 2 aromatic heterocycles. The molecule has 0 spiro atoms. The lowest BCUT2D eigenvalue weighted by Crippen LogP contribution is -2.29. The molecule has 0 radical (unpaired) electrons. The number of carbonyl (C=O) groups excluding carboxylic acids is 1. The highest BCUT2D eigenvalue weighted by Gasteiger charge is 2.21. The van der Waals surface area contributed by atoms with Gasteiger partial charge in [-0.15, -0.1) is 0 Å². The van der Waals surface area contributed by atoms with Crippen molar-refractivity contribution in [1.29, 1.82) is 0 Å². The molecule has 0 unspecified atom stereocenters. The second-order valence-electron chi connectivity index (χ2n) is 9.01. The Bertz CT molecular complexity index is 1390. The van der Waals surface area contributed by atoms with Crippen molar-refractivity contribution in [3.8, 4) is 11.3 Å². The number of nitrogen functional groups attached to an aromatic ring is 1. The summed E-state index contributed by atoms with van der Waals surface area (Å²) in [5.74, 6) is -0.105. The van der Waals surface area contributed by atoms with E-state index in [1.807, 2.05) is 65.4 Å². The highest BCUT2D eigenvalue weighted by atomic mass is 16.1. The normalized spacial score (nSPS) is 11.3. The van der Waals surface area contributed by atoms with Crippen molar-refractivity contribution >= 4 is 39.8 Å². The molecule has 4 aromatic rings. The fraction of sp³-hybridized carbons (Fsp3) is 0.269. The summed E-state index contributed by atoms with van der Waals surface area (Å²) < 4.78 is 1.80. The van der Waals surface area contributed by atoms with Gasteiger partial charge in [-0.1, -0.05) is 18.2 Å². The third kappa shape index (κ3) is 4.76. The third-order valence-electron chi connectivity index (χ3n) is 6.17. The molecular formula is C26H32N8O. The van der Waals surface area contributed by atoms with Gasteiger partial charge in [-0.25, -0.2) is 9.97 Å². The van der Waals surface area contributed by atoms with Crippen LogP contribution in [0.2, 0.25) is 0 Å². The number of amides is 1. The molecule has 0 fully saturated rings. The predicted molar refractivity (Wildman–Crippen MR) is 143 cm³/mol. The molecule has 0 atom stereocenters. The summed E-state index contributed by atoms with van der Waals surface area (Å²) in [6.07, 6.45) is 1.67. The number of nitrogens with zero attached hydrogens (tertiary/aromatic N) is 5. The van der Waals surface area contributed by atoms with E-state index in [0.29, 0.717) is 28.6 Å². The van der Waals surface area contributed by atoms with Crippen molar-refractivity contribution in [2.75, 3.05) is 50.2 Å². The third-order valence-corrected chi connectivity index (χ3v) is 6.17. The van der Waals surface area contributed by atoms with Crippen LogP contribution in [0.25, 0.3) is 22.2 Å². The second-order valence-corrected chi connectivity index (χ2v) is 9.01. The zero-order valence-corrected chi connectivity index (χ0v) is 20.8. The number of aromatic nitrogens is 3. The minimum absolute atomic E-state index is 0.404. The van der Waals surface area contributed by atoms with Crippen LogP contribution in [-0.2, 0) is 7.05 Å². The Kier molecular flexibility index (Phi) is 6.61. The van der Waals surface area contributed by atoms with Crippen LogP contribution in [0.1, 0.15) is 16.1 Å². The van der Waals surface area contributed by atoms with Gasteiger partial charge in [-0.3, -0.25) is 4.79 Å². The zero-order chi connectivity index (χ0) is 25.3. The molecule has 0 aliphatic carbocycles. The topological polar surface area (TPSA) is 118 Å². The molecule has 0 saturated heterocycles. The summed E-state index contributed by atoms with van der Waals surface area (Å²) >= 11 is 0. The number of rotatable bonds is 8. The zero-order valence-electron chi connectivity index (χ0n) is 20.8. The van der Waals surface area contributed by atoms with E-state index in [9.17, 15) is 4.79 Å². The van der Waals surface area contributed by atoms with E-state index in [-0.39, 0.29) is 0 Å². The Balaban J connectivity index is 1.69. The molecule has 2 aromatic carbocycles. The van der Waals surface area contributed by atoms with Crippen molar-refractivity contribution in [2.24, 2.45) is 12.8 Å². The van der Waals surface area contributed by atoms with Gasteiger partial charge < -0.3 is 31.2 Å². The van der Waals surface area contributed by atoms with Crippen molar-refractivity contribution in [2.45, 2.75) is 6.92 Å². The van der Waals surface area contributed by atoms with Crippen LogP contribution in [0.3, 0.4) is 0 Å². The quantitative estimate of drug-likeness (QED) is 0.337. The molecule has 0 bridgehead atoms. The van der Waals surface area contributed by atoms with Gasteiger partial charge in [-0.05, 0) is 50.8 Å². The van der Waals surface area contributed by atoms with Gasteiger partial charge in [0.2, 0.25) is 5.95 Å². The Morgan fingerprint density at radius 3 is 2.57 bits per heavy atom. The van der Waals surface area contributed by atoms with E-state index in [0.717, 1.165) is 40.9 Å². The van der Waals surface area contributed by atoms with Crippen molar-refractivity contribution in [3.05, 3.63) is 59.9 Å². The van der Waals surface area contributed by atoms with Crippen LogP contribution in [0.4, 0.5) is 23.0 Å². The van der Waals surface area contributed by atoms with Gasteiger partial charge in [-0.2, -0.15) is 0 Å². The van der Waals surface area contributed by atoms with E-state index in [1.165, 1.54) is 0 Å². The predicted octanol–water partition coefficient (Wildman–Crippen LogP) is 3.37. The number of benzene rings is 2. The van der Waals surface area contributed by atoms with E-state index >= 15 is 0 Å². The van der Waals surface area contributed by atoms with Gasteiger partial charge in [0.15, 0.2) is 0 Å². The maximum Gasteiger partial charge on any atom is 0.266 e. The molecule has 4 rings (SSSR count). The monoisotopic (exact) mass is 472 g/mol. The number of aryl methyl sites for hydroxylation is 2. The van der Waals surface area contributed by atoms with Crippen molar-refractivity contribution in [1.82, 2.24) is 19.4 Å². The van der Waals surface area contributed by atoms with Gasteiger partial charge in [0.05, 0.1) is 17.1 Å². The average Bonchev–Trinajstić information content (AvgIpc) is 3.12. The van der Waals surface area contributed by atoms with Crippen LogP contribution < -0.4 is 21.7 Å². The number of anilines is 4. The van der Waals surface area contributed by atoms with Gasteiger partial charge in [0.1, 0.15) is 5.69 Å². The number of hydrogen-bond acceptors (Lipinski definition) is 7. The van der Waals surface area contributed by atoms with Crippen molar-refractivity contribution in [3.63, 3.8) is 0 Å². The molecule has 182 valence electrons. The molecule has 35 heavy (non-hydrogen) atoms. The summed E-state index contributed by atoms with van der Waals surface area (Å²) in [4.78, 5) is 25.7. The van der Waals surface area contributed by atoms with E-state index in [1.54, 1.807) is 16.8 Å². The van der Waals surface area contributed by atoms with E-state index < -0.39 is 5.91 Å². The first kappa shape index (κ1) is 24.0. The molecule has 2 heterocycles. The SMILES string of the molecule is Cc1cc(N(C)CCN(C)C)c(N)cc1Nc1nccc(-c2c(C(N)=O)n(C)c3ccccc23)n1. The highest BCUT2D eigenvalue weighted by molar-refractivity contribution is 6.09. The molecule has 0 aliphatic heterocycles. The summed E-state index contributed by atoms with van der Waals surface area (Å²) in [6, 6.07) is 13.5. The molecule has 0 aliphatic rings. The fourth-order valence-corrected chi connectivity index (χ4v) is 4.26. The average molecular weight is 473 g/mol. The van der Waals surface area contributed by atoms with E-state index in [2.05, 4.69) is 26.2 Å². The first-order chi connectivity index (χ1) is 16.7. The number of nitrogens with two attached hydrogens (primary N) is 2. The number of primary amides is 1. The number of carbonyl (C=O) groups is 1. The lowest BCUT2D eigenvalue weighted by molar-refractivity contribution is 0.0993. The molecule has 5 N–H and O–H groups in total. The number of fused-ring (bicyclic) bond motifs is 1. The number of para-hydroxylation sites is 1. The summed E-state index contributed by atoms with van der Waals surface area (Å²) in [6.45, 7) is 3.81. The number of hydrogen-bond donors (Lipinski definition) is 3. The Labute approximate surface area is 205 Å². The lowest BCUT2D eigenvalue weighted by Gasteiger charge is -2.24. The maximum atomic E-state index is 12.3. The minimum Gasteiger partial charge on any atom is -0.397 e. The Hall–Kier alpha value is -4.11. The maximum absolute atomic E-state index is 12.3. The summed E-state index contributed by atoms with van der Waals surface area (Å²) in [5.41, 5.74) is 18.2. The first-order valence-corrected chi connectivity index (χ1v) is 11.4. The van der Waals surface area contributed by atoms with Crippen LogP contribution in [-0.4, -0.2) is 59.6 Å². The van der Waals surface area contributed by atoms with Crippen LogP contribution in [0.15, 0.2) is 48.7 Å². The molecular weight excluding hydrogens is 440 g/mol. The summed E-state index contributed by atoms with van der Waals surface area (Å²) in [5, 5.41) is 4.19. The number of nitrogens with one attached hydrogen (secondary N) is 1. The molecule has 1 amide bonds. The minimum atomic E-state index is -0.510. The van der Waals surface area contributed by atoms with Crippen molar-refractivity contribution < 1.29 is 4.79 Å². The first-order valence-electron chi connectivity index (χ1n) is 11.4. The molecule has 0 saturated carbocycles. The smallest absolute Gasteiger partial charge is 0.266 e. The fourth-order valence-electron chi connectivity index (χ4n) is 4.26. The molecule has 9 nitrogen and oxygen atoms in total. The second kappa shape index (κ2) is 9.63. The van der Waals surface area contributed by atoms with E-state index in [4.69, 9.17) is 16.5 Å². The van der Waals surface area contributed by atoms with Crippen LogP contribution in [0, 0.1) is 6.92 Å². The van der Waals surface area contributed by atoms with Gasteiger partial charge >= 0.3 is 0 Å². The largest absolute Gasteiger partial charge is 0.397 e. The van der Waals surface area contributed by atoms with Crippen LogP contribution in [0.5, 0.6) is 0 Å². The standard InChI is InChI=1S/C26H32N8O/c1-16-14-22(33(4)13-12-32(2)3)18(27)15-20(16)31-26-29-11-10-19(30-26)23-17-8-6-7-9-21(17)34(5)24(23)25(28)35/h6-11,14-15H,12-13,27H2,1-5H3,(H2,28,35)(H,29,30,31). The summed E-state index contributed by atoms with van der Waals surface area (Å²) in [7, 11) is 7.97. The van der Waals surface area contributed by atoms with Gasteiger partial charge in [0.25, 0.3) is 5.91 Å². The Morgan fingerprint density at radius 1 is 1.11 bits per heavy atom.